The lowest BCUT2D eigenvalue weighted by Crippen LogP contribution is -2.37. The van der Waals surface area contributed by atoms with Gasteiger partial charge in [-0.1, -0.05) is 129 Å². The molecule has 4 N–H and O–H groups in total. The summed E-state index contributed by atoms with van der Waals surface area (Å²) in [5.41, 5.74) is 0. The Bertz CT molecular complexity index is 542. The predicted molar refractivity (Wildman–Crippen MR) is 185 cm³/mol. The van der Waals surface area contributed by atoms with Crippen molar-refractivity contribution in [2.24, 2.45) is 0 Å². The Morgan fingerprint density at radius 1 is 0.568 bits per heavy atom. The highest BCUT2D eigenvalue weighted by atomic mass is 16.5. The Labute approximate surface area is 272 Å². The van der Waals surface area contributed by atoms with E-state index in [0.29, 0.717) is 39.4 Å². The van der Waals surface area contributed by atoms with Crippen LogP contribution in [-0.4, -0.2) is 98.9 Å². The third-order valence-electron chi connectivity index (χ3n) is 8.25. The second-order valence-corrected chi connectivity index (χ2v) is 12.7. The van der Waals surface area contributed by atoms with Gasteiger partial charge in [-0.2, -0.15) is 0 Å². The molecule has 0 radical (unpaired) electrons. The maximum Gasteiger partial charge on any atom is 0.219 e. The molecule has 0 spiro atoms. The summed E-state index contributed by atoms with van der Waals surface area (Å²) in [4.78, 5) is 13.7. The molecule has 0 aromatic carbocycles. The summed E-state index contributed by atoms with van der Waals surface area (Å²) in [7, 11) is 0. The molecule has 0 aliphatic carbocycles. The number of nitrogens with zero attached hydrogens (tertiary/aromatic N) is 1. The molecule has 0 aliphatic heterocycles. The lowest BCUT2D eigenvalue weighted by molar-refractivity contribution is -0.130. The number of aliphatic hydroxyl groups is 2. The highest BCUT2D eigenvalue weighted by Crippen LogP contribution is 2.11. The molecule has 0 aromatic rings. The molecule has 2 atom stereocenters. The lowest BCUT2D eigenvalue weighted by Gasteiger charge is -2.22. The van der Waals surface area contributed by atoms with E-state index in [-0.39, 0.29) is 19.1 Å². The van der Waals surface area contributed by atoms with Crippen LogP contribution in [0, 0.1) is 0 Å². The summed E-state index contributed by atoms with van der Waals surface area (Å²) < 4.78 is 11.2. The minimum atomic E-state index is -0.549. The Balaban J connectivity index is 3.59. The van der Waals surface area contributed by atoms with Crippen molar-refractivity contribution in [2.75, 3.05) is 65.7 Å². The molecule has 0 heterocycles. The van der Waals surface area contributed by atoms with E-state index in [1.807, 2.05) is 0 Å². The minimum Gasteiger partial charge on any atom is -0.389 e. The average molecular weight is 630 g/mol. The fourth-order valence-electron chi connectivity index (χ4n) is 5.34. The van der Waals surface area contributed by atoms with Gasteiger partial charge in [-0.25, -0.2) is 0 Å². The third-order valence-corrected chi connectivity index (χ3v) is 8.25. The number of nitrogens with one attached hydrogen (secondary N) is 2. The molecule has 0 aromatic heterocycles. The van der Waals surface area contributed by atoms with Crippen LogP contribution in [-0.2, 0) is 14.3 Å². The molecule has 0 saturated heterocycles. The lowest BCUT2D eigenvalue weighted by atomic mass is 10.1. The molecule has 2 unspecified atom stereocenters. The molecule has 0 fully saturated rings. The zero-order chi connectivity index (χ0) is 32.4. The molecular weight excluding hydrogens is 554 g/mol. The van der Waals surface area contributed by atoms with E-state index in [2.05, 4.69) is 24.5 Å². The molecule has 1 amide bonds. The highest BCUT2D eigenvalue weighted by molar-refractivity contribution is 5.73. The average Bonchev–Trinajstić information content (AvgIpc) is 3.01. The van der Waals surface area contributed by atoms with Gasteiger partial charge in [0.2, 0.25) is 5.91 Å². The molecular formula is C36H75N3O5. The Morgan fingerprint density at radius 2 is 0.886 bits per heavy atom. The van der Waals surface area contributed by atoms with E-state index < -0.39 is 12.2 Å². The first kappa shape index (κ1) is 43.2. The quantitative estimate of drug-likeness (QED) is 0.0579. The van der Waals surface area contributed by atoms with Crippen LogP contribution in [0.25, 0.3) is 0 Å². The van der Waals surface area contributed by atoms with Gasteiger partial charge >= 0.3 is 0 Å². The van der Waals surface area contributed by atoms with Crippen LogP contribution < -0.4 is 10.6 Å². The summed E-state index contributed by atoms with van der Waals surface area (Å²) in [6.45, 7) is 11.1. The van der Waals surface area contributed by atoms with Crippen molar-refractivity contribution in [3.63, 3.8) is 0 Å². The topological polar surface area (TPSA) is 103 Å². The number of unbranched alkanes of at least 4 members (excludes halogenated alkanes) is 18. The van der Waals surface area contributed by atoms with Crippen molar-refractivity contribution in [2.45, 2.75) is 161 Å². The predicted octanol–water partition coefficient (Wildman–Crippen LogP) is 6.61. The molecule has 264 valence electrons. The number of hydrogen-bond acceptors (Lipinski definition) is 7. The number of aliphatic hydroxyl groups excluding tert-OH is 2. The van der Waals surface area contributed by atoms with Gasteiger partial charge < -0.3 is 35.2 Å². The van der Waals surface area contributed by atoms with Gasteiger partial charge in [0.05, 0.1) is 38.6 Å². The Hall–Kier alpha value is -0.770. The van der Waals surface area contributed by atoms with Gasteiger partial charge in [0.25, 0.3) is 0 Å². The van der Waals surface area contributed by atoms with Crippen LogP contribution >= 0.6 is 0 Å². The summed E-state index contributed by atoms with van der Waals surface area (Å²) >= 11 is 0. The monoisotopic (exact) mass is 630 g/mol. The first-order valence-corrected chi connectivity index (χ1v) is 18.7. The standard InChI is InChI=1S/C36H75N3O5/c1-4-6-8-10-12-14-16-18-20-22-24-37-30-35(41)32-43-28-26-39(34(3)40)27-29-44-33-36(42)31-38-25-23-21-19-17-15-13-11-9-7-5-2/h35-38,41-42H,4-33H2,1-3H3. The first-order valence-electron chi connectivity index (χ1n) is 18.7. The number of hydrogen-bond donors (Lipinski definition) is 4. The third kappa shape index (κ3) is 32.6. The van der Waals surface area contributed by atoms with E-state index in [4.69, 9.17) is 9.47 Å². The molecule has 8 heteroatoms. The number of ether oxygens (including phenoxy) is 2. The maximum atomic E-state index is 12.0. The fraction of sp³-hybridized carbons (Fsp3) is 0.972. The van der Waals surface area contributed by atoms with Crippen LogP contribution in [0.5, 0.6) is 0 Å². The number of rotatable bonds is 36. The molecule has 0 aliphatic rings. The highest BCUT2D eigenvalue weighted by Gasteiger charge is 2.11. The van der Waals surface area contributed by atoms with E-state index in [1.54, 1.807) is 11.8 Å². The van der Waals surface area contributed by atoms with Crippen molar-refractivity contribution in [1.29, 1.82) is 0 Å². The normalized spacial score (nSPS) is 12.9. The molecule has 0 rings (SSSR count). The van der Waals surface area contributed by atoms with Crippen molar-refractivity contribution in [3.8, 4) is 0 Å². The second-order valence-electron chi connectivity index (χ2n) is 12.7. The van der Waals surface area contributed by atoms with E-state index in [9.17, 15) is 15.0 Å². The minimum absolute atomic E-state index is 0.0328. The number of carbonyl (C=O) groups excluding carboxylic acids is 1. The van der Waals surface area contributed by atoms with Crippen LogP contribution in [0.3, 0.4) is 0 Å². The zero-order valence-corrected chi connectivity index (χ0v) is 29.4. The van der Waals surface area contributed by atoms with Crippen molar-refractivity contribution < 1.29 is 24.5 Å². The Morgan fingerprint density at radius 3 is 1.20 bits per heavy atom. The molecule has 8 nitrogen and oxygen atoms in total. The van der Waals surface area contributed by atoms with Crippen LogP contribution in [0.4, 0.5) is 0 Å². The Kier molecular flexibility index (Phi) is 34.5. The van der Waals surface area contributed by atoms with Gasteiger partial charge in [-0.15, -0.1) is 0 Å². The van der Waals surface area contributed by atoms with Gasteiger partial charge in [0.15, 0.2) is 0 Å². The fourth-order valence-corrected chi connectivity index (χ4v) is 5.34. The van der Waals surface area contributed by atoms with Crippen LogP contribution in [0.1, 0.15) is 149 Å². The van der Waals surface area contributed by atoms with E-state index in [1.165, 1.54) is 116 Å². The SMILES string of the molecule is CCCCCCCCCCCCNCC(O)COCCN(CCOCC(O)CNCCCCCCCCCCCC)C(C)=O. The van der Waals surface area contributed by atoms with Gasteiger partial charge in [-0.3, -0.25) is 4.79 Å². The first-order chi connectivity index (χ1) is 21.5. The van der Waals surface area contributed by atoms with Crippen LogP contribution in [0.2, 0.25) is 0 Å². The van der Waals surface area contributed by atoms with E-state index in [0.717, 1.165) is 25.9 Å². The zero-order valence-electron chi connectivity index (χ0n) is 29.4. The summed E-state index contributed by atoms with van der Waals surface area (Å²) in [5, 5.41) is 27.0. The largest absolute Gasteiger partial charge is 0.389 e. The summed E-state index contributed by atoms with van der Waals surface area (Å²) in [5.74, 6) is -0.0328. The van der Waals surface area contributed by atoms with Gasteiger partial charge in [-0.05, 0) is 25.9 Å². The second kappa shape index (κ2) is 35.1. The van der Waals surface area contributed by atoms with Gasteiger partial charge in [0, 0.05) is 33.1 Å². The van der Waals surface area contributed by atoms with Gasteiger partial charge in [0.1, 0.15) is 0 Å². The molecule has 44 heavy (non-hydrogen) atoms. The van der Waals surface area contributed by atoms with Crippen molar-refractivity contribution in [1.82, 2.24) is 15.5 Å². The maximum absolute atomic E-state index is 12.0. The smallest absolute Gasteiger partial charge is 0.219 e. The van der Waals surface area contributed by atoms with Crippen LogP contribution in [0.15, 0.2) is 0 Å². The molecule has 0 saturated carbocycles. The summed E-state index contributed by atoms with van der Waals surface area (Å²) in [6.07, 6.45) is 25.4. The number of carbonyl (C=O) groups is 1. The molecule has 0 bridgehead atoms. The number of amides is 1. The van der Waals surface area contributed by atoms with Crippen molar-refractivity contribution >= 4 is 5.91 Å². The van der Waals surface area contributed by atoms with E-state index >= 15 is 0 Å². The van der Waals surface area contributed by atoms with Crippen molar-refractivity contribution in [3.05, 3.63) is 0 Å². The summed E-state index contributed by atoms with van der Waals surface area (Å²) in [6, 6.07) is 0.